The summed E-state index contributed by atoms with van der Waals surface area (Å²) in [6.07, 6.45) is 1.54. The molecule has 1 fully saturated rings. The Morgan fingerprint density at radius 1 is 1.19 bits per heavy atom. The number of carboxylic acids is 1. The number of rotatable bonds is 6. The Bertz CT molecular complexity index is 446. The molecule has 0 spiro atoms. The van der Waals surface area contributed by atoms with Crippen molar-refractivity contribution >= 4 is 11.7 Å². The van der Waals surface area contributed by atoms with Crippen LogP contribution in [-0.2, 0) is 11.3 Å². The van der Waals surface area contributed by atoms with Crippen LogP contribution < -0.4 is 4.90 Å². The summed E-state index contributed by atoms with van der Waals surface area (Å²) in [5, 5.41) is 9.02. The molecule has 0 bridgehead atoms. The molecule has 21 heavy (non-hydrogen) atoms. The predicted molar refractivity (Wildman–Crippen MR) is 85.6 cm³/mol. The van der Waals surface area contributed by atoms with E-state index in [-0.39, 0.29) is 5.92 Å². The first kappa shape index (κ1) is 15.8. The van der Waals surface area contributed by atoms with Crippen LogP contribution in [0.5, 0.6) is 0 Å². The SMILES string of the molecule is CCN(CC)c1ccc(CN2CCC(C(=O)O)CC2)cc1. The van der Waals surface area contributed by atoms with E-state index in [0.29, 0.717) is 0 Å². The van der Waals surface area contributed by atoms with Crippen LogP contribution in [-0.4, -0.2) is 42.2 Å². The van der Waals surface area contributed by atoms with Crippen LogP contribution >= 0.6 is 0 Å². The van der Waals surface area contributed by atoms with Crippen molar-refractivity contribution in [3.05, 3.63) is 29.8 Å². The Morgan fingerprint density at radius 2 is 1.76 bits per heavy atom. The zero-order chi connectivity index (χ0) is 15.2. The summed E-state index contributed by atoms with van der Waals surface area (Å²) in [4.78, 5) is 15.6. The first-order valence-electron chi connectivity index (χ1n) is 7.93. The number of hydrogen-bond donors (Lipinski definition) is 1. The molecule has 0 amide bonds. The maximum atomic E-state index is 11.0. The van der Waals surface area contributed by atoms with Gasteiger partial charge in [-0.3, -0.25) is 9.69 Å². The quantitative estimate of drug-likeness (QED) is 0.875. The van der Waals surface area contributed by atoms with Gasteiger partial charge in [0.05, 0.1) is 5.92 Å². The zero-order valence-electron chi connectivity index (χ0n) is 13.1. The van der Waals surface area contributed by atoms with Gasteiger partial charge in [-0.05, 0) is 57.5 Å². The van der Waals surface area contributed by atoms with Gasteiger partial charge in [0.15, 0.2) is 0 Å². The van der Waals surface area contributed by atoms with Crippen molar-refractivity contribution in [2.45, 2.75) is 33.2 Å². The molecule has 116 valence electrons. The lowest BCUT2D eigenvalue weighted by Gasteiger charge is -2.30. The second-order valence-electron chi connectivity index (χ2n) is 5.73. The van der Waals surface area contributed by atoms with Crippen LogP contribution in [0.2, 0.25) is 0 Å². The van der Waals surface area contributed by atoms with Crippen LogP contribution in [0.25, 0.3) is 0 Å². The van der Waals surface area contributed by atoms with Crippen LogP contribution in [0.15, 0.2) is 24.3 Å². The van der Waals surface area contributed by atoms with Gasteiger partial charge in [-0.1, -0.05) is 12.1 Å². The molecule has 1 aromatic rings. The largest absolute Gasteiger partial charge is 0.481 e. The maximum absolute atomic E-state index is 11.0. The summed E-state index contributed by atoms with van der Waals surface area (Å²) in [5.74, 6) is -0.787. The van der Waals surface area contributed by atoms with E-state index in [9.17, 15) is 4.79 Å². The molecule has 1 aromatic carbocycles. The number of carbonyl (C=O) groups is 1. The van der Waals surface area contributed by atoms with Crippen molar-refractivity contribution in [2.75, 3.05) is 31.1 Å². The molecule has 0 atom stereocenters. The van der Waals surface area contributed by atoms with Gasteiger partial charge >= 0.3 is 5.97 Å². The fourth-order valence-corrected chi connectivity index (χ4v) is 3.00. The molecule has 4 nitrogen and oxygen atoms in total. The minimum atomic E-state index is -0.641. The minimum Gasteiger partial charge on any atom is -0.481 e. The van der Waals surface area contributed by atoms with Gasteiger partial charge in [-0.15, -0.1) is 0 Å². The molecule has 0 aromatic heterocycles. The average Bonchev–Trinajstić information content (AvgIpc) is 2.51. The number of carboxylic acid groups (broad SMARTS) is 1. The van der Waals surface area contributed by atoms with Crippen molar-refractivity contribution in [3.63, 3.8) is 0 Å². The number of hydrogen-bond acceptors (Lipinski definition) is 3. The van der Waals surface area contributed by atoms with Gasteiger partial charge in [-0.25, -0.2) is 0 Å². The standard InChI is InChI=1S/C17H26N2O2/c1-3-19(4-2)16-7-5-14(6-8-16)13-18-11-9-15(10-12-18)17(20)21/h5-8,15H,3-4,9-13H2,1-2H3,(H,20,21). The summed E-state index contributed by atoms with van der Waals surface area (Å²) in [5.41, 5.74) is 2.58. The summed E-state index contributed by atoms with van der Waals surface area (Å²) < 4.78 is 0. The van der Waals surface area contributed by atoms with Crippen molar-refractivity contribution in [1.29, 1.82) is 0 Å². The third kappa shape index (κ3) is 4.21. The first-order valence-corrected chi connectivity index (χ1v) is 7.93. The first-order chi connectivity index (χ1) is 10.1. The van der Waals surface area contributed by atoms with E-state index < -0.39 is 5.97 Å². The Kier molecular flexibility index (Phi) is 5.62. The second-order valence-corrected chi connectivity index (χ2v) is 5.73. The molecule has 1 aliphatic rings. The topological polar surface area (TPSA) is 43.8 Å². The highest BCUT2D eigenvalue weighted by Gasteiger charge is 2.24. The lowest BCUT2D eigenvalue weighted by Crippen LogP contribution is -2.35. The molecule has 0 unspecified atom stereocenters. The molecule has 1 aliphatic heterocycles. The second kappa shape index (κ2) is 7.46. The lowest BCUT2D eigenvalue weighted by molar-refractivity contribution is -0.143. The van der Waals surface area contributed by atoms with E-state index >= 15 is 0 Å². The van der Waals surface area contributed by atoms with Gasteiger partial charge in [-0.2, -0.15) is 0 Å². The Hall–Kier alpha value is -1.55. The van der Waals surface area contributed by atoms with E-state index in [0.717, 1.165) is 45.6 Å². The van der Waals surface area contributed by atoms with Crippen molar-refractivity contribution < 1.29 is 9.90 Å². The fourth-order valence-electron chi connectivity index (χ4n) is 3.00. The smallest absolute Gasteiger partial charge is 0.306 e. The van der Waals surface area contributed by atoms with E-state index in [2.05, 4.69) is 47.9 Å². The molecule has 1 N–H and O–H groups in total. The van der Waals surface area contributed by atoms with Gasteiger partial charge in [0, 0.05) is 25.3 Å². The Balaban J connectivity index is 1.88. The molecule has 0 saturated carbocycles. The highest BCUT2D eigenvalue weighted by atomic mass is 16.4. The van der Waals surface area contributed by atoms with Crippen molar-refractivity contribution in [1.82, 2.24) is 4.90 Å². The highest BCUT2D eigenvalue weighted by molar-refractivity contribution is 5.70. The van der Waals surface area contributed by atoms with E-state index in [1.165, 1.54) is 11.3 Å². The van der Waals surface area contributed by atoms with Crippen LogP contribution in [0, 0.1) is 5.92 Å². The van der Waals surface area contributed by atoms with Gasteiger partial charge < -0.3 is 10.0 Å². The minimum absolute atomic E-state index is 0.147. The van der Waals surface area contributed by atoms with Crippen molar-refractivity contribution in [2.24, 2.45) is 5.92 Å². The molecule has 2 rings (SSSR count). The molecular weight excluding hydrogens is 264 g/mol. The third-order valence-corrected chi connectivity index (χ3v) is 4.41. The number of aliphatic carboxylic acids is 1. The van der Waals surface area contributed by atoms with Crippen LogP contribution in [0.1, 0.15) is 32.3 Å². The molecule has 1 heterocycles. The summed E-state index contributed by atoms with van der Waals surface area (Å²) >= 11 is 0. The summed E-state index contributed by atoms with van der Waals surface area (Å²) in [7, 11) is 0. The molecule has 4 heteroatoms. The van der Waals surface area contributed by atoms with E-state index in [4.69, 9.17) is 5.11 Å². The van der Waals surface area contributed by atoms with Crippen LogP contribution in [0.4, 0.5) is 5.69 Å². The van der Waals surface area contributed by atoms with Gasteiger partial charge in [0.1, 0.15) is 0 Å². The number of piperidine rings is 1. The predicted octanol–water partition coefficient (Wildman–Crippen LogP) is 2.83. The van der Waals surface area contributed by atoms with Crippen LogP contribution in [0.3, 0.4) is 0 Å². The summed E-state index contributed by atoms with van der Waals surface area (Å²) in [6, 6.07) is 8.76. The van der Waals surface area contributed by atoms with Crippen molar-refractivity contribution in [3.8, 4) is 0 Å². The zero-order valence-corrected chi connectivity index (χ0v) is 13.1. The fraction of sp³-hybridized carbons (Fsp3) is 0.588. The molecule has 0 aliphatic carbocycles. The molecule has 1 saturated heterocycles. The van der Waals surface area contributed by atoms with Gasteiger partial charge in [0.2, 0.25) is 0 Å². The lowest BCUT2D eigenvalue weighted by atomic mass is 9.97. The Morgan fingerprint density at radius 3 is 2.24 bits per heavy atom. The number of benzene rings is 1. The third-order valence-electron chi connectivity index (χ3n) is 4.41. The number of anilines is 1. The van der Waals surface area contributed by atoms with Gasteiger partial charge in [0.25, 0.3) is 0 Å². The highest BCUT2D eigenvalue weighted by Crippen LogP contribution is 2.20. The van der Waals surface area contributed by atoms with E-state index in [1.54, 1.807) is 0 Å². The van der Waals surface area contributed by atoms with E-state index in [1.807, 2.05) is 0 Å². The molecular formula is C17H26N2O2. The summed E-state index contributed by atoms with van der Waals surface area (Å²) in [6.45, 7) is 9.08. The molecule has 0 radical (unpaired) electrons. The normalized spacial score (nSPS) is 16.9. The average molecular weight is 290 g/mol. The Labute approximate surface area is 127 Å². The number of likely N-dealkylation sites (tertiary alicyclic amines) is 1. The maximum Gasteiger partial charge on any atom is 0.306 e. The number of nitrogens with zero attached hydrogens (tertiary/aromatic N) is 2. The monoisotopic (exact) mass is 290 g/mol.